The molecule has 148 valence electrons. The van der Waals surface area contributed by atoms with Gasteiger partial charge in [-0.05, 0) is 12.5 Å². The van der Waals surface area contributed by atoms with E-state index in [9.17, 15) is 19.1 Å². The van der Waals surface area contributed by atoms with Crippen molar-refractivity contribution in [1.29, 1.82) is 0 Å². The van der Waals surface area contributed by atoms with Gasteiger partial charge in [0.25, 0.3) is 0 Å². The standard InChI is InChI=1S/C16H16FN7O3.ClH/c1-22-16(19-7-20-22)24-6-10(15(26)27)12(25)9-4-11(17)14(21-13(9)24)23-3-2-8(18)5-23;/h4,6-8H,2-3,5,18H2,1H3,(H,26,27);1H. The molecule has 4 heterocycles. The molecule has 1 aliphatic rings. The van der Waals surface area contributed by atoms with E-state index < -0.39 is 22.8 Å². The van der Waals surface area contributed by atoms with Crippen molar-refractivity contribution >= 4 is 35.2 Å². The van der Waals surface area contributed by atoms with Crippen LogP contribution in [0.5, 0.6) is 0 Å². The van der Waals surface area contributed by atoms with Crippen LogP contribution in [0.4, 0.5) is 10.2 Å². The highest BCUT2D eigenvalue weighted by Gasteiger charge is 2.26. The molecule has 0 aliphatic carbocycles. The van der Waals surface area contributed by atoms with Gasteiger partial charge in [-0.1, -0.05) is 0 Å². The number of rotatable bonds is 3. The fraction of sp³-hybridized carbons (Fsp3) is 0.312. The monoisotopic (exact) mass is 409 g/mol. The lowest BCUT2D eigenvalue weighted by molar-refractivity contribution is 0.0695. The van der Waals surface area contributed by atoms with E-state index in [1.807, 2.05) is 0 Å². The minimum Gasteiger partial charge on any atom is -0.477 e. The fourth-order valence-corrected chi connectivity index (χ4v) is 3.23. The normalized spacial score (nSPS) is 16.4. The summed E-state index contributed by atoms with van der Waals surface area (Å²) in [7, 11) is 1.61. The first-order chi connectivity index (χ1) is 12.9. The van der Waals surface area contributed by atoms with E-state index in [2.05, 4.69) is 15.1 Å². The number of anilines is 1. The van der Waals surface area contributed by atoms with Crippen molar-refractivity contribution < 1.29 is 14.3 Å². The molecule has 1 aliphatic heterocycles. The van der Waals surface area contributed by atoms with Crippen molar-refractivity contribution in [3.05, 3.63) is 40.2 Å². The van der Waals surface area contributed by atoms with E-state index in [4.69, 9.17) is 5.73 Å². The predicted molar refractivity (Wildman–Crippen MR) is 101 cm³/mol. The highest BCUT2D eigenvalue weighted by molar-refractivity contribution is 5.92. The first-order valence-electron chi connectivity index (χ1n) is 8.21. The molecule has 10 nitrogen and oxygen atoms in total. The average molecular weight is 410 g/mol. The third kappa shape index (κ3) is 3.08. The summed E-state index contributed by atoms with van der Waals surface area (Å²) in [6, 6.07) is 0.931. The largest absolute Gasteiger partial charge is 0.477 e. The van der Waals surface area contributed by atoms with Gasteiger partial charge in [0.15, 0.2) is 17.3 Å². The van der Waals surface area contributed by atoms with E-state index >= 15 is 0 Å². The van der Waals surface area contributed by atoms with Crippen molar-refractivity contribution in [2.24, 2.45) is 12.8 Å². The number of aromatic carboxylic acids is 1. The summed E-state index contributed by atoms with van der Waals surface area (Å²) in [5.74, 6) is -1.83. The summed E-state index contributed by atoms with van der Waals surface area (Å²) in [6.07, 6.45) is 3.11. The third-order valence-electron chi connectivity index (χ3n) is 4.57. The molecule has 0 amide bonds. The van der Waals surface area contributed by atoms with E-state index in [-0.39, 0.29) is 41.2 Å². The Bertz CT molecular complexity index is 1130. The van der Waals surface area contributed by atoms with Crippen LogP contribution < -0.4 is 16.1 Å². The quantitative estimate of drug-likeness (QED) is 0.631. The van der Waals surface area contributed by atoms with Crippen LogP contribution in [0.3, 0.4) is 0 Å². The van der Waals surface area contributed by atoms with Crippen molar-refractivity contribution in [2.75, 3.05) is 18.0 Å². The van der Waals surface area contributed by atoms with Gasteiger partial charge in [-0.15, -0.1) is 12.4 Å². The van der Waals surface area contributed by atoms with Gasteiger partial charge in [0, 0.05) is 32.4 Å². The Balaban J connectivity index is 0.00000225. The number of fused-ring (bicyclic) bond motifs is 1. The number of pyridine rings is 2. The van der Waals surface area contributed by atoms with Gasteiger partial charge in [-0.3, -0.25) is 9.36 Å². The first kappa shape index (κ1) is 19.7. The van der Waals surface area contributed by atoms with E-state index in [1.54, 1.807) is 11.9 Å². The zero-order valence-electron chi connectivity index (χ0n) is 14.7. The Morgan fingerprint density at radius 3 is 2.75 bits per heavy atom. The zero-order chi connectivity index (χ0) is 19.3. The summed E-state index contributed by atoms with van der Waals surface area (Å²) in [5.41, 5.74) is 4.67. The number of halogens is 2. The van der Waals surface area contributed by atoms with E-state index in [0.29, 0.717) is 19.5 Å². The van der Waals surface area contributed by atoms with Crippen molar-refractivity contribution in [3.63, 3.8) is 0 Å². The van der Waals surface area contributed by atoms with Gasteiger partial charge in [-0.2, -0.15) is 10.1 Å². The Kier molecular flexibility index (Phi) is 5.04. The SMILES string of the molecule is Cl.Cn1ncnc1-n1cc(C(=O)O)c(=O)c2cc(F)c(N3CCC(N)C3)nc21. The van der Waals surface area contributed by atoms with Gasteiger partial charge < -0.3 is 15.7 Å². The lowest BCUT2D eigenvalue weighted by atomic mass is 10.2. The number of aryl methyl sites for hydroxylation is 1. The van der Waals surface area contributed by atoms with Crippen LogP contribution in [-0.2, 0) is 7.05 Å². The van der Waals surface area contributed by atoms with Crippen LogP contribution in [0.15, 0.2) is 23.4 Å². The van der Waals surface area contributed by atoms with Crippen LogP contribution in [0.25, 0.3) is 17.0 Å². The van der Waals surface area contributed by atoms with Crippen molar-refractivity contribution in [3.8, 4) is 5.95 Å². The minimum atomic E-state index is -1.42. The molecule has 12 heteroatoms. The number of hydrogen-bond acceptors (Lipinski definition) is 7. The van der Waals surface area contributed by atoms with Gasteiger partial charge >= 0.3 is 5.97 Å². The molecule has 1 fully saturated rings. The van der Waals surface area contributed by atoms with Crippen molar-refractivity contribution in [2.45, 2.75) is 12.5 Å². The molecule has 3 aromatic rings. The molecule has 3 N–H and O–H groups in total. The molecule has 1 saturated heterocycles. The Morgan fingerprint density at radius 1 is 1.43 bits per heavy atom. The molecule has 0 radical (unpaired) electrons. The number of nitrogens with zero attached hydrogens (tertiary/aromatic N) is 6. The molecule has 1 atom stereocenters. The highest BCUT2D eigenvalue weighted by Crippen LogP contribution is 2.25. The van der Waals surface area contributed by atoms with E-state index in [0.717, 1.165) is 12.3 Å². The van der Waals surface area contributed by atoms with Gasteiger partial charge in [0.05, 0.1) is 5.39 Å². The van der Waals surface area contributed by atoms with Crippen LogP contribution >= 0.6 is 12.4 Å². The molecule has 4 rings (SSSR count). The molecule has 1 unspecified atom stereocenters. The second-order valence-corrected chi connectivity index (χ2v) is 6.39. The first-order valence-corrected chi connectivity index (χ1v) is 8.21. The smallest absolute Gasteiger partial charge is 0.341 e. The number of nitrogens with two attached hydrogens (primary N) is 1. The number of hydrogen-bond donors (Lipinski definition) is 2. The summed E-state index contributed by atoms with van der Waals surface area (Å²) in [4.78, 5) is 34.1. The second kappa shape index (κ2) is 7.17. The molecular formula is C16H17ClFN7O3. The van der Waals surface area contributed by atoms with E-state index in [1.165, 1.54) is 15.6 Å². The number of carboxylic acids is 1. The lowest BCUT2D eigenvalue weighted by Gasteiger charge is -2.19. The molecule has 0 saturated carbocycles. The molecular weight excluding hydrogens is 393 g/mol. The van der Waals surface area contributed by atoms with Crippen LogP contribution in [0, 0.1) is 5.82 Å². The Hall–Kier alpha value is -3.05. The Labute approximate surface area is 163 Å². The average Bonchev–Trinajstić information content (AvgIpc) is 3.23. The maximum Gasteiger partial charge on any atom is 0.341 e. The second-order valence-electron chi connectivity index (χ2n) is 6.39. The number of carboxylic acid groups (broad SMARTS) is 1. The summed E-state index contributed by atoms with van der Waals surface area (Å²) in [5, 5.41) is 13.2. The topological polar surface area (TPSA) is 132 Å². The number of aromatic nitrogens is 5. The molecule has 3 aromatic heterocycles. The van der Waals surface area contributed by atoms with Gasteiger partial charge in [0.2, 0.25) is 11.4 Å². The maximum absolute atomic E-state index is 14.7. The fourth-order valence-electron chi connectivity index (χ4n) is 3.23. The zero-order valence-corrected chi connectivity index (χ0v) is 15.6. The van der Waals surface area contributed by atoms with Crippen LogP contribution in [0.1, 0.15) is 16.8 Å². The minimum absolute atomic E-state index is 0. The number of carbonyl (C=O) groups is 1. The van der Waals surface area contributed by atoms with Gasteiger partial charge in [-0.25, -0.2) is 18.9 Å². The lowest BCUT2D eigenvalue weighted by Crippen LogP contribution is -2.28. The molecule has 0 bridgehead atoms. The summed E-state index contributed by atoms with van der Waals surface area (Å²) < 4.78 is 17.4. The summed E-state index contributed by atoms with van der Waals surface area (Å²) in [6.45, 7) is 0.981. The Morgan fingerprint density at radius 2 is 2.18 bits per heavy atom. The van der Waals surface area contributed by atoms with Gasteiger partial charge in [0.1, 0.15) is 11.9 Å². The molecule has 0 aromatic carbocycles. The van der Waals surface area contributed by atoms with Crippen molar-refractivity contribution in [1.82, 2.24) is 24.3 Å². The maximum atomic E-state index is 14.7. The van der Waals surface area contributed by atoms with Crippen LogP contribution in [0.2, 0.25) is 0 Å². The van der Waals surface area contributed by atoms with Crippen LogP contribution in [-0.4, -0.2) is 54.5 Å². The summed E-state index contributed by atoms with van der Waals surface area (Å²) >= 11 is 0. The predicted octanol–water partition coefficient (Wildman–Crippen LogP) is 0.311. The molecule has 0 spiro atoms. The third-order valence-corrected chi connectivity index (χ3v) is 4.57. The molecule has 28 heavy (non-hydrogen) atoms. The highest BCUT2D eigenvalue weighted by atomic mass is 35.5.